The van der Waals surface area contributed by atoms with E-state index in [0.717, 1.165) is 28.4 Å². The molecular weight excluding hydrogens is 262 g/mol. The minimum atomic E-state index is 0.700. The molecule has 0 amide bonds. The molecule has 0 aliphatic carbocycles. The minimum Gasteiger partial charge on any atom is -0.495 e. The molecule has 19 heavy (non-hydrogen) atoms. The van der Waals surface area contributed by atoms with Crippen LogP contribution in [0.1, 0.15) is 22.5 Å². The summed E-state index contributed by atoms with van der Waals surface area (Å²) >= 11 is 6.09. The Balaban J connectivity index is 2.22. The van der Waals surface area contributed by atoms with Gasteiger partial charge in [-0.25, -0.2) is 0 Å². The molecule has 0 bridgehead atoms. The Morgan fingerprint density at radius 1 is 1.32 bits per heavy atom. The maximum atomic E-state index is 6.09. The van der Waals surface area contributed by atoms with Gasteiger partial charge in [-0.3, -0.25) is 5.10 Å². The molecule has 2 N–H and O–H groups in total. The molecule has 0 fully saturated rings. The van der Waals surface area contributed by atoms with Crippen LogP contribution in [0.15, 0.2) is 12.1 Å². The molecule has 0 spiro atoms. The standard InChI is InChI=1S/C14H18ClN3O/c1-8-5-13(14(19-4)6-12(8)15)16-7-11-9(2)17-18-10(11)3/h5-6,16H,7H2,1-4H3,(H,17,18). The van der Waals surface area contributed by atoms with E-state index in [-0.39, 0.29) is 0 Å². The zero-order valence-corrected chi connectivity index (χ0v) is 12.4. The van der Waals surface area contributed by atoms with E-state index < -0.39 is 0 Å². The highest BCUT2D eigenvalue weighted by Crippen LogP contribution is 2.31. The molecule has 2 aromatic rings. The Bertz CT molecular complexity index is 573. The molecule has 0 atom stereocenters. The summed E-state index contributed by atoms with van der Waals surface area (Å²) in [6.45, 7) is 6.68. The SMILES string of the molecule is COc1cc(Cl)c(C)cc1NCc1c(C)n[nH]c1C. The lowest BCUT2D eigenvalue weighted by atomic mass is 10.1. The van der Waals surface area contributed by atoms with Crippen LogP contribution in [-0.4, -0.2) is 17.3 Å². The number of hydrogen-bond acceptors (Lipinski definition) is 3. The minimum absolute atomic E-state index is 0.700. The molecule has 1 aromatic carbocycles. The van der Waals surface area contributed by atoms with E-state index in [1.54, 1.807) is 7.11 Å². The van der Waals surface area contributed by atoms with Crippen LogP contribution in [0.5, 0.6) is 5.75 Å². The first kappa shape index (κ1) is 13.7. The van der Waals surface area contributed by atoms with Crippen LogP contribution in [0.4, 0.5) is 5.69 Å². The van der Waals surface area contributed by atoms with Crippen molar-refractivity contribution in [3.63, 3.8) is 0 Å². The predicted molar refractivity (Wildman–Crippen MR) is 78.1 cm³/mol. The molecular formula is C14H18ClN3O. The van der Waals surface area contributed by atoms with Crippen LogP contribution in [-0.2, 0) is 6.54 Å². The highest BCUT2D eigenvalue weighted by atomic mass is 35.5. The number of aromatic amines is 1. The number of anilines is 1. The number of benzene rings is 1. The second-order valence-electron chi connectivity index (χ2n) is 4.57. The van der Waals surface area contributed by atoms with Gasteiger partial charge in [0.2, 0.25) is 0 Å². The fourth-order valence-corrected chi connectivity index (χ4v) is 2.14. The van der Waals surface area contributed by atoms with Gasteiger partial charge < -0.3 is 10.1 Å². The van der Waals surface area contributed by atoms with Crippen LogP contribution in [0.25, 0.3) is 0 Å². The maximum Gasteiger partial charge on any atom is 0.143 e. The van der Waals surface area contributed by atoms with E-state index in [4.69, 9.17) is 16.3 Å². The lowest BCUT2D eigenvalue weighted by Crippen LogP contribution is -2.03. The third-order valence-corrected chi connectivity index (χ3v) is 3.62. The van der Waals surface area contributed by atoms with E-state index in [2.05, 4.69) is 15.5 Å². The monoisotopic (exact) mass is 279 g/mol. The molecule has 0 aliphatic rings. The van der Waals surface area contributed by atoms with Crippen molar-refractivity contribution in [3.05, 3.63) is 39.7 Å². The molecule has 4 nitrogen and oxygen atoms in total. The van der Waals surface area contributed by atoms with Crippen molar-refractivity contribution in [2.24, 2.45) is 0 Å². The Hall–Kier alpha value is -1.68. The molecule has 0 unspecified atom stereocenters. The second-order valence-corrected chi connectivity index (χ2v) is 4.97. The van der Waals surface area contributed by atoms with Crippen LogP contribution >= 0.6 is 11.6 Å². The molecule has 5 heteroatoms. The topological polar surface area (TPSA) is 49.9 Å². The molecule has 1 aromatic heterocycles. The summed E-state index contributed by atoms with van der Waals surface area (Å²) in [5, 5.41) is 11.2. The molecule has 0 saturated heterocycles. The summed E-state index contributed by atoms with van der Waals surface area (Å²) in [5.74, 6) is 0.745. The smallest absolute Gasteiger partial charge is 0.143 e. The highest BCUT2D eigenvalue weighted by molar-refractivity contribution is 6.31. The zero-order chi connectivity index (χ0) is 14.0. The first-order chi connectivity index (χ1) is 9.02. The number of aryl methyl sites for hydroxylation is 3. The van der Waals surface area contributed by atoms with Gasteiger partial charge in [-0.1, -0.05) is 11.6 Å². The van der Waals surface area contributed by atoms with Crippen molar-refractivity contribution >= 4 is 17.3 Å². The average Bonchev–Trinajstić information content (AvgIpc) is 2.70. The van der Waals surface area contributed by atoms with Crippen LogP contribution in [0.2, 0.25) is 5.02 Å². The van der Waals surface area contributed by atoms with Gasteiger partial charge in [-0.05, 0) is 32.4 Å². The Morgan fingerprint density at radius 3 is 2.63 bits per heavy atom. The Kier molecular flexibility index (Phi) is 4.00. The van der Waals surface area contributed by atoms with Crippen molar-refractivity contribution in [1.82, 2.24) is 10.2 Å². The summed E-state index contributed by atoms with van der Waals surface area (Å²) in [6.07, 6.45) is 0. The predicted octanol–water partition coefficient (Wildman–Crippen LogP) is 3.61. The molecule has 0 aliphatic heterocycles. The van der Waals surface area contributed by atoms with Gasteiger partial charge in [0.1, 0.15) is 5.75 Å². The number of nitrogens with one attached hydrogen (secondary N) is 2. The number of ether oxygens (including phenoxy) is 1. The van der Waals surface area contributed by atoms with Crippen molar-refractivity contribution in [1.29, 1.82) is 0 Å². The summed E-state index contributed by atoms with van der Waals surface area (Å²) in [7, 11) is 1.64. The summed E-state index contributed by atoms with van der Waals surface area (Å²) in [5.41, 5.74) is 5.22. The largest absolute Gasteiger partial charge is 0.495 e. The van der Waals surface area contributed by atoms with Crippen LogP contribution < -0.4 is 10.1 Å². The summed E-state index contributed by atoms with van der Waals surface area (Å²) in [6, 6.07) is 3.82. The van der Waals surface area contributed by atoms with E-state index in [1.165, 1.54) is 5.56 Å². The summed E-state index contributed by atoms with van der Waals surface area (Å²) in [4.78, 5) is 0. The number of halogens is 1. The van der Waals surface area contributed by atoms with E-state index in [9.17, 15) is 0 Å². The molecule has 0 saturated carbocycles. The van der Waals surface area contributed by atoms with Crippen molar-refractivity contribution in [2.45, 2.75) is 27.3 Å². The molecule has 1 heterocycles. The van der Waals surface area contributed by atoms with Gasteiger partial charge in [0.05, 0.1) is 18.5 Å². The quantitative estimate of drug-likeness (QED) is 0.899. The van der Waals surface area contributed by atoms with Gasteiger partial charge in [0.25, 0.3) is 0 Å². The number of nitrogens with zero attached hydrogens (tertiary/aromatic N) is 1. The molecule has 102 valence electrons. The van der Waals surface area contributed by atoms with Crippen molar-refractivity contribution < 1.29 is 4.74 Å². The summed E-state index contributed by atoms with van der Waals surface area (Å²) < 4.78 is 5.34. The van der Waals surface area contributed by atoms with Gasteiger partial charge in [-0.2, -0.15) is 5.10 Å². The van der Waals surface area contributed by atoms with E-state index in [0.29, 0.717) is 11.6 Å². The first-order valence-electron chi connectivity index (χ1n) is 6.11. The number of methoxy groups -OCH3 is 1. The normalized spacial score (nSPS) is 10.6. The van der Waals surface area contributed by atoms with E-state index in [1.807, 2.05) is 32.9 Å². The molecule has 0 radical (unpaired) electrons. The average molecular weight is 280 g/mol. The first-order valence-corrected chi connectivity index (χ1v) is 6.49. The van der Waals surface area contributed by atoms with Gasteiger partial charge in [-0.15, -0.1) is 0 Å². The maximum absolute atomic E-state index is 6.09. The fraction of sp³-hybridized carbons (Fsp3) is 0.357. The van der Waals surface area contributed by atoms with Gasteiger partial charge in [0.15, 0.2) is 0 Å². The lowest BCUT2D eigenvalue weighted by Gasteiger charge is -2.13. The Labute approximate surface area is 118 Å². The zero-order valence-electron chi connectivity index (χ0n) is 11.6. The highest BCUT2D eigenvalue weighted by Gasteiger charge is 2.09. The third-order valence-electron chi connectivity index (χ3n) is 3.22. The number of aromatic nitrogens is 2. The second kappa shape index (κ2) is 5.53. The van der Waals surface area contributed by atoms with E-state index >= 15 is 0 Å². The number of rotatable bonds is 4. The van der Waals surface area contributed by atoms with Gasteiger partial charge in [0, 0.05) is 28.9 Å². The Morgan fingerprint density at radius 2 is 2.05 bits per heavy atom. The van der Waals surface area contributed by atoms with Crippen molar-refractivity contribution in [2.75, 3.05) is 12.4 Å². The molecule has 2 rings (SSSR count). The number of H-pyrrole nitrogens is 1. The van der Waals surface area contributed by atoms with Crippen LogP contribution in [0, 0.1) is 20.8 Å². The third kappa shape index (κ3) is 2.84. The van der Waals surface area contributed by atoms with Gasteiger partial charge >= 0.3 is 0 Å². The fourth-order valence-electron chi connectivity index (χ4n) is 1.99. The van der Waals surface area contributed by atoms with Crippen LogP contribution in [0.3, 0.4) is 0 Å². The van der Waals surface area contributed by atoms with Crippen molar-refractivity contribution in [3.8, 4) is 5.75 Å². The number of hydrogen-bond donors (Lipinski definition) is 2. The lowest BCUT2D eigenvalue weighted by molar-refractivity contribution is 0.416.